The maximum absolute atomic E-state index is 13.4. The highest BCUT2D eigenvalue weighted by Crippen LogP contribution is 2.26. The van der Waals surface area contributed by atoms with Crippen LogP contribution in [0.15, 0.2) is 72.8 Å². The van der Waals surface area contributed by atoms with Crippen LogP contribution in [-0.4, -0.2) is 29.9 Å². The lowest BCUT2D eigenvalue weighted by Crippen LogP contribution is -2.46. The summed E-state index contributed by atoms with van der Waals surface area (Å²) in [7, 11) is 1.56. The maximum Gasteiger partial charge on any atom is 0.253 e. The third-order valence-corrected chi connectivity index (χ3v) is 5.08. The van der Waals surface area contributed by atoms with E-state index >= 15 is 0 Å². The standard InChI is InChI=1S/C24H21N3O3/c1-30-21-13-7-2-8-15(21)14-20(23(25)28)27-24(29)22-16-9-3-5-11-18(16)26-19-12-6-4-10-17(19)22/h2-13,20H,14H2,1H3,(H2,25,28)(H,27,29)/t20-/m1/s1. The molecular weight excluding hydrogens is 378 g/mol. The van der Waals surface area contributed by atoms with Gasteiger partial charge in [0.2, 0.25) is 5.91 Å². The Balaban J connectivity index is 1.74. The Hall–Kier alpha value is -3.93. The summed E-state index contributed by atoms with van der Waals surface area (Å²) >= 11 is 0. The molecule has 0 saturated carbocycles. The van der Waals surface area contributed by atoms with Crippen LogP contribution in [0.1, 0.15) is 15.9 Å². The van der Waals surface area contributed by atoms with Gasteiger partial charge in [-0.25, -0.2) is 4.98 Å². The lowest BCUT2D eigenvalue weighted by molar-refractivity contribution is -0.119. The van der Waals surface area contributed by atoms with Crippen molar-refractivity contribution in [3.8, 4) is 5.75 Å². The number of para-hydroxylation sites is 3. The minimum absolute atomic E-state index is 0.228. The monoisotopic (exact) mass is 399 g/mol. The van der Waals surface area contributed by atoms with Gasteiger partial charge in [-0.15, -0.1) is 0 Å². The molecule has 1 heterocycles. The third-order valence-electron chi connectivity index (χ3n) is 5.08. The van der Waals surface area contributed by atoms with Crippen LogP contribution in [0.5, 0.6) is 5.75 Å². The van der Waals surface area contributed by atoms with Crippen LogP contribution in [0.25, 0.3) is 21.8 Å². The van der Waals surface area contributed by atoms with Crippen molar-refractivity contribution in [1.82, 2.24) is 10.3 Å². The zero-order chi connectivity index (χ0) is 21.1. The summed E-state index contributed by atoms with van der Waals surface area (Å²) in [6.07, 6.45) is 0.228. The molecule has 0 spiro atoms. The lowest BCUT2D eigenvalue weighted by Gasteiger charge is -2.18. The number of nitrogens with two attached hydrogens (primary N) is 1. The molecule has 1 atom stereocenters. The highest BCUT2D eigenvalue weighted by molar-refractivity contribution is 6.16. The van der Waals surface area contributed by atoms with E-state index in [1.807, 2.05) is 66.7 Å². The number of hydrogen-bond donors (Lipinski definition) is 2. The fraction of sp³-hybridized carbons (Fsp3) is 0.125. The molecule has 4 rings (SSSR count). The number of nitrogens with one attached hydrogen (secondary N) is 1. The summed E-state index contributed by atoms with van der Waals surface area (Å²) in [5.41, 5.74) is 8.30. The fourth-order valence-electron chi connectivity index (χ4n) is 3.63. The second-order valence-electron chi connectivity index (χ2n) is 6.97. The number of methoxy groups -OCH3 is 1. The number of aromatic nitrogens is 1. The molecule has 150 valence electrons. The van der Waals surface area contributed by atoms with Crippen LogP contribution in [0.3, 0.4) is 0 Å². The van der Waals surface area contributed by atoms with E-state index in [9.17, 15) is 9.59 Å². The molecule has 0 radical (unpaired) electrons. The van der Waals surface area contributed by atoms with Crippen molar-refractivity contribution in [3.63, 3.8) is 0 Å². The Morgan fingerprint density at radius 3 is 2.10 bits per heavy atom. The Kier molecular flexibility index (Phi) is 5.30. The molecule has 0 aliphatic heterocycles. The van der Waals surface area contributed by atoms with E-state index in [0.29, 0.717) is 33.1 Å². The molecule has 0 aliphatic rings. The molecule has 0 unspecified atom stereocenters. The van der Waals surface area contributed by atoms with Gasteiger partial charge in [0, 0.05) is 17.2 Å². The summed E-state index contributed by atoms with van der Waals surface area (Å²) in [6.45, 7) is 0. The first-order valence-electron chi connectivity index (χ1n) is 9.58. The first kappa shape index (κ1) is 19.4. The molecule has 0 saturated heterocycles. The van der Waals surface area contributed by atoms with Gasteiger partial charge in [0.1, 0.15) is 11.8 Å². The topological polar surface area (TPSA) is 94.3 Å². The van der Waals surface area contributed by atoms with Gasteiger partial charge in [-0.1, -0.05) is 54.6 Å². The number of ether oxygens (including phenoxy) is 1. The molecule has 0 fully saturated rings. The lowest BCUT2D eigenvalue weighted by atomic mass is 10.00. The maximum atomic E-state index is 13.4. The Morgan fingerprint density at radius 1 is 0.933 bits per heavy atom. The second-order valence-corrected chi connectivity index (χ2v) is 6.97. The molecule has 0 bridgehead atoms. The van der Waals surface area contributed by atoms with Gasteiger partial charge < -0.3 is 15.8 Å². The molecule has 3 aromatic carbocycles. The van der Waals surface area contributed by atoms with Gasteiger partial charge in [-0.3, -0.25) is 9.59 Å². The Labute approximate surface area is 173 Å². The average molecular weight is 399 g/mol. The summed E-state index contributed by atoms with van der Waals surface area (Å²) in [4.78, 5) is 30.1. The van der Waals surface area contributed by atoms with Crippen molar-refractivity contribution in [2.45, 2.75) is 12.5 Å². The van der Waals surface area contributed by atoms with Crippen molar-refractivity contribution < 1.29 is 14.3 Å². The van der Waals surface area contributed by atoms with Crippen LogP contribution in [0, 0.1) is 0 Å². The van der Waals surface area contributed by atoms with Crippen LogP contribution >= 0.6 is 0 Å². The number of benzene rings is 3. The molecule has 4 aromatic rings. The van der Waals surface area contributed by atoms with Gasteiger partial charge in [-0.05, 0) is 23.8 Å². The quantitative estimate of drug-likeness (QED) is 0.487. The number of carbonyl (C=O) groups excluding carboxylic acids is 2. The van der Waals surface area contributed by atoms with Crippen LogP contribution < -0.4 is 15.8 Å². The predicted octanol–water partition coefficient (Wildman–Crippen LogP) is 3.22. The highest BCUT2D eigenvalue weighted by Gasteiger charge is 2.23. The average Bonchev–Trinajstić information content (AvgIpc) is 2.77. The van der Waals surface area contributed by atoms with Gasteiger partial charge >= 0.3 is 0 Å². The smallest absolute Gasteiger partial charge is 0.253 e. The number of carbonyl (C=O) groups is 2. The summed E-state index contributed by atoms with van der Waals surface area (Å²) in [5, 5.41) is 4.25. The van der Waals surface area contributed by atoms with Gasteiger partial charge in [0.05, 0.1) is 23.7 Å². The van der Waals surface area contributed by atoms with Gasteiger partial charge in [0.25, 0.3) is 5.91 Å². The van der Waals surface area contributed by atoms with E-state index in [1.54, 1.807) is 13.2 Å². The largest absolute Gasteiger partial charge is 0.496 e. The zero-order valence-electron chi connectivity index (χ0n) is 16.5. The van der Waals surface area contributed by atoms with Crippen molar-refractivity contribution in [1.29, 1.82) is 0 Å². The Morgan fingerprint density at radius 2 is 1.50 bits per heavy atom. The van der Waals surface area contributed by atoms with Crippen molar-refractivity contribution in [3.05, 3.63) is 83.9 Å². The number of nitrogens with zero attached hydrogens (tertiary/aromatic N) is 1. The number of primary amides is 1. The van der Waals surface area contributed by atoms with Crippen LogP contribution in [-0.2, 0) is 11.2 Å². The molecular formula is C24H21N3O3. The van der Waals surface area contributed by atoms with Gasteiger partial charge in [-0.2, -0.15) is 0 Å². The number of fused-ring (bicyclic) bond motifs is 2. The van der Waals surface area contributed by atoms with E-state index < -0.39 is 11.9 Å². The fourth-order valence-corrected chi connectivity index (χ4v) is 3.63. The van der Waals surface area contributed by atoms with Crippen LogP contribution in [0.2, 0.25) is 0 Å². The van der Waals surface area contributed by atoms with Crippen LogP contribution in [0.4, 0.5) is 0 Å². The highest BCUT2D eigenvalue weighted by atomic mass is 16.5. The van der Waals surface area contributed by atoms with E-state index in [0.717, 1.165) is 5.56 Å². The minimum atomic E-state index is -0.889. The molecule has 6 heteroatoms. The normalized spacial score (nSPS) is 11.9. The molecule has 6 nitrogen and oxygen atoms in total. The summed E-state index contributed by atoms with van der Waals surface area (Å²) in [6, 6.07) is 21.3. The Bertz CT molecular complexity index is 1200. The van der Waals surface area contributed by atoms with E-state index in [2.05, 4.69) is 10.3 Å². The molecule has 2 amide bonds. The SMILES string of the molecule is COc1ccccc1C[C@@H](NC(=O)c1c2ccccc2nc2ccccc12)C(N)=O. The van der Waals surface area contributed by atoms with Crippen molar-refractivity contribution in [2.75, 3.05) is 7.11 Å². The van der Waals surface area contributed by atoms with Gasteiger partial charge in [0.15, 0.2) is 0 Å². The minimum Gasteiger partial charge on any atom is -0.496 e. The molecule has 30 heavy (non-hydrogen) atoms. The number of pyridine rings is 1. The summed E-state index contributed by atoms with van der Waals surface area (Å²) < 4.78 is 5.36. The van der Waals surface area contributed by atoms with Crippen molar-refractivity contribution >= 4 is 33.6 Å². The summed E-state index contributed by atoms with van der Waals surface area (Å²) in [5.74, 6) is -0.349. The second kappa shape index (κ2) is 8.21. The zero-order valence-corrected chi connectivity index (χ0v) is 16.5. The molecule has 1 aromatic heterocycles. The molecule has 3 N–H and O–H groups in total. The van der Waals surface area contributed by atoms with E-state index in [1.165, 1.54) is 0 Å². The van der Waals surface area contributed by atoms with E-state index in [4.69, 9.17) is 10.5 Å². The number of amides is 2. The predicted molar refractivity (Wildman–Crippen MR) is 116 cm³/mol. The first-order valence-corrected chi connectivity index (χ1v) is 9.58. The first-order chi connectivity index (χ1) is 14.6. The third kappa shape index (κ3) is 3.67. The number of hydrogen-bond acceptors (Lipinski definition) is 4. The number of rotatable bonds is 6. The molecule has 0 aliphatic carbocycles. The van der Waals surface area contributed by atoms with Crippen molar-refractivity contribution in [2.24, 2.45) is 5.73 Å². The van der Waals surface area contributed by atoms with E-state index in [-0.39, 0.29) is 12.3 Å².